The maximum absolute atomic E-state index is 4.54. The Morgan fingerprint density at radius 2 is 2.07 bits per heavy atom. The van der Waals surface area contributed by atoms with E-state index in [-0.39, 0.29) is 0 Å². The van der Waals surface area contributed by atoms with Gasteiger partial charge in [0.05, 0.1) is 6.04 Å². The highest BCUT2D eigenvalue weighted by atomic mass is 14.8. The van der Waals surface area contributed by atoms with Crippen molar-refractivity contribution in [3.8, 4) is 0 Å². The lowest BCUT2D eigenvalue weighted by Gasteiger charge is -2.06. The highest BCUT2D eigenvalue weighted by Crippen LogP contribution is 2.16. The molecular weight excluding hydrogens is 182 g/mol. The molecule has 0 saturated heterocycles. The molecule has 1 aromatic rings. The Morgan fingerprint density at radius 3 is 2.73 bits per heavy atom. The van der Waals surface area contributed by atoms with Gasteiger partial charge in [-0.3, -0.25) is 4.99 Å². The molecule has 0 saturated carbocycles. The van der Waals surface area contributed by atoms with Crippen LogP contribution in [0.3, 0.4) is 0 Å². The van der Waals surface area contributed by atoms with E-state index in [1.54, 1.807) is 0 Å². The van der Waals surface area contributed by atoms with Gasteiger partial charge in [-0.05, 0) is 24.5 Å². The van der Waals surface area contributed by atoms with Crippen molar-refractivity contribution in [1.82, 2.24) is 0 Å². The van der Waals surface area contributed by atoms with Gasteiger partial charge in [-0.1, -0.05) is 48.6 Å². The summed E-state index contributed by atoms with van der Waals surface area (Å²) in [6.07, 6.45) is 9.43. The Bertz CT molecular complexity index is 399. The van der Waals surface area contributed by atoms with Crippen LogP contribution in [0.1, 0.15) is 18.9 Å². The van der Waals surface area contributed by atoms with E-state index in [4.69, 9.17) is 0 Å². The monoisotopic (exact) mass is 197 g/mol. The topological polar surface area (TPSA) is 12.4 Å². The SMILES string of the molecule is C[C@@H](N=Cc1ccccc1)C1=CC=CC1. The van der Waals surface area contributed by atoms with E-state index < -0.39 is 0 Å². The zero-order valence-electron chi connectivity index (χ0n) is 8.93. The van der Waals surface area contributed by atoms with E-state index in [2.05, 4.69) is 42.3 Å². The Morgan fingerprint density at radius 1 is 1.27 bits per heavy atom. The van der Waals surface area contributed by atoms with E-state index >= 15 is 0 Å². The second-order valence-corrected chi connectivity index (χ2v) is 3.74. The molecule has 0 bridgehead atoms. The minimum absolute atomic E-state index is 0.292. The maximum Gasteiger partial charge on any atom is 0.0687 e. The van der Waals surface area contributed by atoms with Crippen molar-refractivity contribution in [2.24, 2.45) is 4.99 Å². The van der Waals surface area contributed by atoms with Gasteiger partial charge in [0, 0.05) is 6.21 Å². The fourth-order valence-corrected chi connectivity index (χ4v) is 1.61. The van der Waals surface area contributed by atoms with Gasteiger partial charge in [-0.25, -0.2) is 0 Å². The summed E-state index contributed by atoms with van der Waals surface area (Å²) in [6, 6.07) is 10.5. The normalized spacial score (nSPS) is 17.0. The first-order chi connectivity index (χ1) is 7.36. The molecule has 0 amide bonds. The van der Waals surface area contributed by atoms with Gasteiger partial charge in [-0.15, -0.1) is 0 Å². The number of hydrogen-bond acceptors (Lipinski definition) is 1. The summed E-state index contributed by atoms with van der Waals surface area (Å²) in [5.41, 5.74) is 2.55. The smallest absolute Gasteiger partial charge is 0.0687 e. The van der Waals surface area contributed by atoms with Crippen LogP contribution in [0.2, 0.25) is 0 Å². The second kappa shape index (κ2) is 4.74. The van der Waals surface area contributed by atoms with Crippen LogP contribution in [0.5, 0.6) is 0 Å². The predicted molar refractivity (Wildman–Crippen MR) is 65.3 cm³/mol. The van der Waals surface area contributed by atoms with Crippen molar-refractivity contribution in [2.45, 2.75) is 19.4 Å². The summed E-state index contributed by atoms with van der Waals surface area (Å²) >= 11 is 0. The molecule has 0 radical (unpaired) electrons. The van der Waals surface area contributed by atoms with Gasteiger partial charge in [0.25, 0.3) is 0 Å². The summed E-state index contributed by atoms with van der Waals surface area (Å²) in [5.74, 6) is 0. The van der Waals surface area contributed by atoms with Gasteiger partial charge >= 0.3 is 0 Å². The number of benzene rings is 1. The molecule has 0 N–H and O–H groups in total. The summed E-state index contributed by atoms with van der Waals surface area (Å²) in [6.45, 7) is 2.14. The number of aliphatic imine (C=N–C) groups is 1. The van der Waals surface area contributed by atoms with Crippen molar-refractivity contribution >= 4 is 6.21 Å². The van der Waals surface area contributed by atoms with Crippen LogP contribution in [0.4, 0.5) is 0 Å². The number of allylic oxidation sites excluding steroid dienone is 3. The molecule has 0 spiro atoms. The lowest BCUT2D eigenvalue weighted by molar-refractivity contribution is 0.847. The third-order valence-electron chi connectivity index (χ3n) is 2.58. The van der Waals surface area contributed by atoms with Crippen molar-refractivity contribution < 1.29 is 0 Å². The standard InChI is InChI=1S/C14H15N/c1-12(14-9-5-6-10-14)15-11-13-7-3-2-4-8-13/h2-9,11-12H,10H2,1H3/t12-/m1/s1. The molecule has 1 nitrogen and oxygen atoms in total. The Hall–Kier alpha value is -1.63. The molecule has 1 heteroatoms. The van der Waals surface area contributed by atoms with Crippen LogP contribution in [-0.2, 0) is 0 Å². The molecule has 0 fully saturated rings. The lowest BCUT2D eigenvalue weighted by atomic mass is 10.1. The van der Waals surface area contributed by atoms with Crippen LogP contribution >= 0.6 is 0 Å². The molecule has 1 aliphatic carbocycles. The second-order valence-electron chi connectivity index (χ2n) is 3.74. The van der Waals surface area contributed by atoms with Crippen LogP contribution in [0.25, 0.3) is 0 Å². The first kappa shape index (κ1) is 9.91. The Balaban J connectivity index is 2.00. The van der Waals surface area contributed by atoms with Crippen LogP contribution in [0, 0.1) is 0 Å². The van der Waals surface area contributed by atoms with Gasteiger partial charge in [-0.2, -0.15) is 0 Å². The molecular formula is C14H15N. The molecule has 2 rings (SSSR count). The van der Waals surface area contributed by atoms with E-state index in [1.807, 2.05) is 24.4 Å². The molecule has 0 aliphatic heterocycles. The average Bonchev–Trinajstić information content (AvgIpc) is 2.81. The third-order valence-corrected chi connectivity index (χ3v) is 2.58. The minimum atomic E-state index is 0.292. The molecule has 0 aromatic heterocycles. The number of hydrogen-bond donors (Lipinski definition) is 0. The van der Waals surface area contributed by atoms with Crippen molar-refractivity contribution in [3.05, 3.63) is 59.7 Å². The summed E-state index contributed by atoms with van der Waals surface area (Å²) in [4.78, 5) is 4.54. The fraction of sp³-hybridized carbons (Fsp3) is 0.214. The van der Waals surface area contributed by atoms with Gasteiger partial charge in [0.15, 0.2) is 0 Å². The third kappa shape index (κ3) is 2.66. The van der Waals surface area contributed by atoms with Gasteiger partial charge < -0.3 is 0 Å². The Kier molecular flexibility index (Phi) is 3.13. The largest absolute Gasteiger partial charge is 0.285 e. The van der Waals surface area contributed by atoms with Crippen molar-refractivity contribution in [3.63, 3.8) is 0 Å². The van der Waals surface area contributed by atoms with Crippen molar-refractivity contribution in [1.29, 1.82) is 0 Å². The zero-order chi connectivity index (χ0) is 10.5. The average molecular weight is 197 g/mol. The molecule has 15 heavy (non-hydrogen) atoms. The maximum atomic E-state index is 4.54. The van der Waals surface area contributed by atoms with Crippen molar-refractivity contribution in [2.75, 3.05) is 0 Å². The van der Waals surface area contributed by atoms with Gasteiger partial charge in [0.1, 0.15) is 0 Å². The van der Waals surface area contributed by atoms with Crippen LogP contribution in [-0.4, -0.2) is 12.3 Å². The molecule has 1 atom stereocenters. The van der Waals surface area contributed by atoms with E-state index in [0.29, 0.717) is 6.04 Å². The predicted octanol–water partition coefficient (Wildman–Crippen LogP) is 3.38. The van der Waals surface area contributed by atoms with E-state index in [1.165, 1.54) is 5.57 Å². The lowest BCUT2D eigenvalue weighted by Crippen LogP contribution is -2.01. The molecule has 0 unspecified atom stereocenters. The highest BCUT2D eigenvalue weighted by molar-refractivity contribution is 5.79. The van der Waals surface area contributed by atoms with Crippen LogP contribution < -0.4 is 0 Å². The number of rotatable bonds is 3. The quantitative estimate of drug-likeness (QED) is 0.659. The summed E-state index contributed by atoms with van der Waals surface area (Å²) in [5, 5.41) is 0. The van der Waals surface area contributed by atoms with Gasteiger partial charge in [0.2, 0.25) is 0 Å². The minimum Gasteiger partial charge on any atom is -0.285 e. The fourth-order valence-electron chi connectivity index (χ4n) is 1.61. The molecule has 1 aliphatic rings. The first-order valence-corrected chi connectivity index (χ1v) is 5.30. The summed E-state index contributed by atoms with van der Waals surface area (Å²) < 4.78 is 0. The Labute approximate surface area is 90.9 Å². The number of nitrogens with zero attached hydrogens (tertiary/aromatic N) is 1. The zero-order valence-corrected chi connectivity index (χ0v) is 8.93. The van der Waals surface area contributed by atoms with Crippen LogP contribution in [0.15, 0.2) is 59.1 Å². The molecule has 0 heterocycles. The highest BCUT2D eigenvalue weighted by Gasteiger charge is 2.06. The van der Waals surface area contributed by atoms with E-state index in [0.717, 1.165) is 12.0 Å². The van der Waals surface area contributed by atoms with E-state index in [9.17, 15) is 0 Å². The molecule has 76 valence electrons. The first-order valence-electron chi connectivity index (χ1n) is 5.30. The molecule has 1 aromatic carbocycles. The summed E-state index contributed by atoms with van der Waals surface area (Å²) in [7, 11) is 0.